The fourth-order valence-corrected chi connectivity index (χ4v) is 2.66. The predicted octanol–water partition coefficient (Wildman–Crippen LogP) is 3.49. The van der Waals surface area contributed by atoms with E-state index >= 15 is 0 Å². The van der Waals surface area contributed by atoms with Gasteiger partial charge in [0, 0.05) is 19.2 Å². The topological polar surface area (TPSA) is 87.9 Å². The quantitative estimate of drug-likeness (QED) is 0.248. The van der Waals surface area contributed by atoms with Crippen LogP contribution in [0.4, 0.5) is 5.69 Å². The molecule has 0 aliphatic heterocycles. The summed E-state index contributed by atoms with van der Waals surface area (Å²) in [6.07, 6.45) is 0.682. The Morgan fingerprint density at radius 2 is 1.85 bits per heavy atom. The van der Waals surface area contributed by atoms with Gasteiger partial charge in [-0.1, -0.05) is 36.4 Å². The number of nitro benzene ring substituents is 1. The third kappa shape index (κ3) is 4.07. The van der Waals surface area contributed by atoms with Crippen LogP contribution < -0.4 is 0 Å². The Labute approximate surface area is 151 Å². The number of rotatable bonds is 7. The first-order chi connectivity index (χ1) is 12.5. The number of carbonyl (C=O) groups excluding carboxylic acids is 1. The maximum absolute atomic E-state index is 12.1. The minimum absolute atomic E-state index is 0.0392. The SMILES string of the molecule is CO/C=C(/C(=O)OC)c1ccccc1C(OC)c1cccc([N+](=O)[O-])c1. The zero-order chi connectivity index (χ0) is 19.1. The molecule has 0 aliphatic rings. The van der Waals surface area contributed by atoms with Gasteiger partial charge in [0.1, 0.15) is 11.7 Å². The first kappa shape index (κ1) is 19.1. The molecule has 0 radical (unpaired) electrons. The molecule has 2 rings (SSSR count). The second-order valence-corrected chi connectivity index (χ2v) is 5.31. The van der Waals surface area contributed by atoms with Crippen LogP contribution in [0.1, 0.15) is 22.8 Å². The fourth-order valence-electron chi connectivity index (χ4n) is 2.66. The van der Waals surface area contributed by atoms with E-state index in [0.29, 0.717) is 16.7 Å². The highest BCUT2D eigenvalue weighted by atomic mass is 16.6. The average Bonchev–Trinajstić information content (AvgIpc) is 2.67. The third-order valence-corrected chi connectivity index (χ3v) is 3.79. The molecule has 0 aliphatic carbocycles. The molecule has 26 heavy (non-hydrogen) atoms. The van der Waals surface area contributed by atoms with Crippen molar-refractivity contribution in [3.05, 3.63) is 81.6 Å². The molecule has 0 fully saturated rings. The Balaban J connectivity index is 2.59. The van der Waals surface area contributed by atoms with Crippen LogP contribution in [0, 0.1) is 10.1 Å². The maximum atomic E-state index is 12.1. The highest BCUT2D eigenvalue weighted by Gasteiger charge is 2.23. The van der Waals surface area contributed by atoms with Crippen molar-refractivity contribution in [2.75, 3.05) is 21.3 Å². The Morgan fingerprint density at radius 1 is 1.12 bits per heavy atom. The van der Waals surface area contributed by atoms with Crippen molar-refractivity contribution in [3.8, 4) is 0 Å². The molecule has 2 aromatic carbocycles. The summed E-state index contributed by atoms with van der Waals surface area (Å²) >= 11 is 0. The van der Waals surface area contributed by atoms with Crippen molar-refractivity contribution < 1.29 is 23.9 Å². The molecular formula is C19H19NO6. The normalized spacial score (nSPS) is 12.3. The van der Waals surface area contributed by atoms with Gasteiger partial charge in [-0.2, -0.15) is 0 Å². The Hall–Kier alpha value is -3.19. The van der Waals surface area contributed by atoms with Crippen molar-refractivity contribution in [1.29, 1.82) is 0 Å². The first-order valence-corrected chi connectivity index (χ1v) is 7.71. The molecule has 0 bridgehead atoms. The first-order valence-electron chi connectivity index (χ1n) is 7.71. The second-order valence-electron chi connectivity index (χ2n) is 5.31. The summed E-state index contributed by atoms with van der Waals surface area (Å²) in [5, 5.41) is 11.1. The van der Waals surface area contributed by atoms with Gasteiger partial charge in [0.2, 0.25) is 0 Å². The van der Waals surface area contributed by atoms with Gasteiger partial charge in [0.15, 0.2) is 0 Å². The van der Waals surface area contributed by atoms with E-state index in [-0.39, 0.29) is 11.3 Å². The van der Waals surface area contributed by atoms with Crippen molar-refractivity contribution >= 4 is 17.2 Å². The second kappa shape index (κ2) is 8.77. The Kier molecular flexibility index (Phi) is 6.46. The molecule has 7 heteroatoms. The van der Waals surface area contributed by atoms with Crippen LogP contribution in [0.3, 0.4) is 0 Å². The molecule has 1 atom stereocenters. The van der Waals surface area contributed by atoms with Crippen LogP contribution in [0.2, 0.25) is 0 Å². The minimum Gasteiger partial charge on any atom is -0.503 e. The van der Waals surface area contributed by atoms with Gasteiger partial charge in [-0.25, -0.2) is 4.79 Å². The lowest BCUT2D eigenvalue weighted by atomic mass is 9.92. The number of methoxy groups -OCH3 is 3. The zero-order valence-corrected chi connectivity index (χ0v) is 14.7. The zero-order valence-electron chi connectivity index (χ0n) is 14.7. The summed E-state index contributed by atoms with van der Waals surface area (Å²) in [7, 11) is 4.21. The van der Waals surface area contributed by atoms with Gasteiger partial charge >= 0.3 is 5.97 Å². The van der Waals surface area contributed by atoms with E-state index in [1.165, 1.54) is 39.7 Å². The molecule has 0 N–H and O–H groups in total. The highest BCUT2D eigenvalue weighted by Crippen LogP contribution is 2.33. The fraction of sp³-hybridized carbons (Fsp3) is 0.211. The van der Waals surface area contributed by atoms with Gasteiger partial charge in [0.25, 0.3) is 5.69 Å². The number of hydrogen-bond donors (Lipinski definition) is 0. The predicted molar refractivity (Wildman–Crippen MR) is 95.4 cm³/mol. The molecular weight excluding hydrogens is 338 g/mol. The van der Waals surface area contributed by atoms with E-state index in [9.17, 15) is 14.9 Å². The Bertz CT molecular complexity index is 830. The van der Waals surface area contributed by atoms with Gasteiger partial charge in [-0.15, -0.1) is 0 Å². The van der Waals surface area contributed by atoms with Gasteiger partial charge in [-0.3, -0.25) is 10.1 Å². The average molecular weight is 357 g/mol. The van der Waals surface area contributed by atoms with Crippen LogP contribution >= 0.6 is 0 Å². The minimum atomic E-state index is -0.615. The summed E-state index contributed by atoms with van der Waals surface area (Å²) in [4.78, 5) is 22.7. The third-order valence-electron chi connectivity index (χ3n) is 3.79. The molecule has 0 saturated heterocycles. The van der Waals surface area contributed by atoms with Crippen LogP contribution in [0.15, 0.2) is 54.8 Å². The van der Waals surface area contributed by atoms with E-state index in [1.807, 2.05) is 0 Å². The van der Waals surface area contributed by atoms with E-state index in [0.717, 1.165) is 0 Å². The number of non-ortho nitro benzene ring substituents is 1. The molecule has 136 valence electrons. The van der Waals surface area contributed by atoms with E-state index < -0.39 is 17.0 Å². The molecule has 0 amide bonds. The maximum Gasteiger partial charge on any atom is 0.341 e. The summed E-state index contributed by atoms with van der Waals surface area (Å²) in [6.45, 7) is 0. The molecule has 2 aromatic rings. The van der Waals surface area contributed by atoms with Gasteiger partial charge in [-0.05, 0) is 16.7 Å². The lowest BCUT2D eigenvalue weighted by Gasteiger charge is -2.20. The van der Waals surface area contributed by atoms with Crippen molar-refractivity contribution in [2.24, 2.45) is 0 Å². The molecule has 1 unspecified atom stereocenters. The summed E-state index contributed by atoms with van der Waals surface area (Å²) < 4.78 is 15.4. The van der Waals surface area contributed by atoms with Crippen molar-refractivity contribution in [3.63, 3.8) is 0 Å². The lowest BCUT2D eigenvalue weighted by molar-refractivity contribution is -0.385. The van der Waals surface area contributed by atoms with Gasteiger partial charge in [0.05, 0.1) is 25.4 Å². The molecule has 0 saturated carbocycles. The van der Waals surface area contributed by atoms with Gasteiger partial charge < -0.3 is 14.2 Å². The van der Waals surface area contributed by atoms with Crippen LogP contribution in [0.5, 0.6) is 0 Å². The largest absolute Gasteiger partial charge is 0.503 e. The highest BCUT2D eigenvalue weighted by molar-refractivity contribution is 6.16. The Morgan fingerprint density at radius 3 is 2.46 bits per heavy atom. The van der Waals surface area contributed by atoms with Crippen LogP contribution in [0.25, 0.3) is 5.57 Å². The molecule has 0 heterocycles. The number of benzene rings is 2. The summed E-state index contributed by atoms with van der Waals surface area (Å²) in [6, 6.07) is 13.3. The number of nitrogens with zero attached hydrogens (tertiary/aromatic N) is 1. The number of nitro groups is 1. The lowest BCUT2D eigenvalue weighted by Crippen LogP contribution is -2.11. The molecule has 7 nitrogen and oxygen atoms in total. The van der Waals surface area contributed by atoms with Crippen LogP contribution in [-0.2, 0) is 19.0 Å². The summed E-state index contributed by atoms with van der Waals surface area (Å²) in [5.41, 5.74) is 1.99. The van der Waals surface area contributed by atoms with E-state index in [2.05, 4.69) is 0 Å². The van der Waals surface area contributed by atoms with E-state index in [4.69, 9.17) is 14.2 Å². The van der Waals surface area contributed by atoms with Crippen molar-refractivity contribution in [2.45, 2.75) is 6.10 Å². The van der Waals surface area contributed by atoms with E-state index in [1.54, 1.807) is 36.4 Å². The summed E-state index contributed by atoms with van der Waals surface area (Å²) in [5.74, 6) is -0.562. The standard InChI is InChI=1S/C19H19NO6/c1-24-12-17(19(21)26-3)15-9-4-5-10-16(15)18(25-2)13-7-6-8-14(11-13)20(22)23/h4-12,18H,1-3H3/b17-12+. The number of ether oxygens (including phenoxy) is 3. The molecule has 0 spiro atoms. The smallest absolute Gasteiger partial charge is 0.341 e. The molecule has 0 aromatic heterocycles. The number of carbonyl (C=O) groups is 1. The van der Waals surface area contributed by atoms with Crippen molar-refractivity contribution in [1.82, 2.24) is 0 Å². The van der Waals surface area contributed by atoms with Crippen LogP contribution in [-0.4, -0.2) is 32.2 Å². The monoisotopic (exact) mass is 357 g/mol. The number of esters is 1. The number of hydrogen-bond acceptors (Lipinski definition) is 6.